The van der Waals surface area contributed by atoms with Crippen LogP contribution in [0.5, 0.6) is 0 Å². The van der Waals surface area contributed by atoms with Crippen LogP contribution in [0.4, 0.5) is 5.69 Å². The zero-order valence-corrected chi connectivity index (χ0v) is 16.4. The summed E-state index contributed by atoms with van der Waals surface area (Å²) in [7, 11) is 0. The monoisotopic (exact) mass is 394 g/mol. The molecule has 6 nitrogen and oxygen atoms in total. The van der Waals surface area contributed by atoms with Crippen LogP contribution in [-0.2, 0) is 9.59 Å². The SMILES string of the molecule is CC(NC(=O)c1ccc(NC(=O)C2CCCCC2C(=O)O)cc1)c1ccccc1. The highest BCUT2D eigenvalue weighted by Crippen LogP contribution is 2.31. The van der Waals surface area contributed by atoms with Gasteiger partial charge in [-0.1, -0.05) is 43.2 Å². The average Bonchev–Trinajstić information content (AvgIpc) is 2.74. The number of carbonyl (C=O) groups excluding carboxylic acids is 2. The average molecular weight is 394 g/mol. The molecule has 3 unspecified atom stereocenters. The third kappa shape index (κ3) is 5.22. The Hall–Kier alpha value is -3.15. The van der Waals surface area contributed by atoms with Gasteiger partial charge in [0.05, 0.1) is 17.9 Å². The number of carboxylic acid groups (broad SMARTS) is 1. The van der Waals surface area contributed by atoms with Crippen LogP contribution in [0.2, 0.25) is 0 Å². The number of hydrogen-bond acceptors (Lipinski definition) is 3. The lowest BCUT2D eigenvalue weighted by Gasteiger charge is -2.27. The predicted molar refractivity (Wildman–Crippen MR) is 110 cm³/mol. The normalized spacial score (nSPS) is 19.8. The van der Waals surface area contributed by atoms with Crippen molar-refractivity contribution in [2.24, 2.45) is 11.8 Å². The fourth-order valence-corrected chi connectivity index (χ4v) is 3.79. The summed E-state index contributed by atoms with van der Waals surface area (Å²) in [5.41, 5.74) is 2.06. The Morgan fingerprint density at radius 3 is 2.17 bits per heavy atom. The highest BCUT2D eigenvalue weighted by atomic mass is 16.4. The molecule has 1 aliphatic rings. The van der Waals surface area contributed by atoms with Crippen LogP contribution in [0, 0.1) is 11.8 Å². The van der Waals surface area contributed by atoms with E-state index in [2.05, 4.69) is 10.6 Å². The summed E-state index contributed by atoms with van der Waals surface area (Å²) in [6.45, 7) is 1.92. The molecule has 0 spiro atoms. The maximum atomic E-state index is 12.5. The van der Waals surface area contributed by atoms with E-state index in [1.54, 1.807) is 24.3 Å². The topological polar surface area (TPSA) is 95.5 Å². The fourth-order valence-electron chi connectivity index (χ4n) is 3.79. The lowest BCUT2D eigenvalue weighted by atomic mass is 9.78. The molecule has 0 aromatic heterocycles. The number of aliphatic carboxylic acids is 1. The van der Waals surface area contributed by atoms with E-state index in [0.717, 1.165) is 18.4 Å². The second kappa shape index (κ2) is 9.37. The van der Waals surface area contributed by atoms with Crippen molar-refractivity contribution in [3.8, 4) is 0 Å². The third-order valence-electron chi connectivity index (χ3n) is 5.48. The van der Waals surface area contributed by atoms with Crippen molar-refractivity contribution in [2.75, 3.05) is 5.32 Å². The Balaban J connectivity index is 1.60. The van der Waals surface area contributed by atoms with E-state index in [9.17, 15) is 19.5 Å². The summed E-state index contributed by atoms with van der Waals surface area (Å²) in [4.78, 5) is 36.4. The molecule has 3 rings (SSSR count). The van der Waals surface area contributed by atoms with Crippen molar-refractivity contribution in [3.63, 3.8) is 0 Å². The smallest absolute Gasteiger partial charge is 0.307 e. The van der Waals surface area contributed by atoms with Crippen LogP contribution in [0.25, 0.3) is 0 Å². The summed E-state index contributed by atoms with van der Waals surface area (Å²) >= 11 is 0. The largest absolute Gasteiger partial charge is 0.481 e. The molecule has 29 heavy (non-hydrogen) atoms. The first-order chi connectivity index (χ1) is 14.0. The predicted octanol–water partition coefficient (Wildman–Crippen LogP) is 4.01. The number of carbonyl (C=O) groups is 3. The summed E-state index contributed by atoms with van der Waals surface area (Å²) in [5.74, 6) is -2.53. The van der Waals surface area contributed by atoms with E-state index in [1.165, 1.54) is 0 Å². The molecule has 1 fully saturated rings. The molecule has 0 bridgehead atoms. The van der Waals surface area contributed by atoms with Crippen molar-refractivity contribution < 1.29 is 19.5 Å². The van der Waals surface area contributed by atoms with Crippen molar-refractivity contribution in [1.82, 2.24) is 5.32 Å². The van der Waals surface area contributed by atoms with Crippen molar-refractivity contribution in [1.29, 1.82) is 0 Å². The molecule has 2 aromatic rings. The third-order valence-corrected chi connectivity index (χ3v) is 5.48. The Bertz CT molecular complexity index is 864. The van der Waals surface area contributed by atoms with Crippen LogP contribution in [0.15, 0.2) is 54.6 Å². The van der Waals surface area contributed by atoms with Gasteiger partial charge in [-0.25, -0.2) is 0 Å². The number of nitrogens with one attached hydrogen (secondary N) is 2. The van der Waals surface area contributed by atoms with E-state index in [4.69, 9.17) is 0 Å². The summed E-state index contributed by atoms with van der Waals surface area (Å²) in [6, 6.07) is 16.2. The highest BCUT2D eigenvalue weighted by molar-refractivity contribution is 5.97. The Kier molecular flexibility index (Phi) is 6.65. The standard InChI is InChI=1S/C23H26N2O4/c1-15(16-7-3-2-4-8-16)24-21(26)17-11-13-18(14-12-17)25-22(27)19-9-5-6-10-20(19)23(28)29/h2-4,7-8,11-15,19-20H,5-6,9-10H2,1H3,(H,24,26)(H,25,27)(H,28,29). The second-order valence-corrected chi connectivity index (χ2v) is 7.51. The fraction of sp³-hybridized carbons (Fsp3) is 0.348. The Labute approximate surface area is 170 Å². The van der Waals surface area contributed by atoms with Gasteiger partial charge in [0.15, 0.2) is 0 Å². The molecule has 0 saturated heterocycles. The van der Waals surface area contributed by atoms with Gasteiger partial charge in [0.1, 0.15) is 0 Å². The van der Waals surface area contributed by atoms with Crippen LogP contribution >= 0.6 is 0 Å². The van der Waals surface area contributed by atoms with Gasteiger partial charge in [-0.15, -0.1) is 0 Å². The van der Waals surface area contributed by atoms with E-state index >= 15 is 0 Å². The highest BCUT2D eigenvalue weighted by Gasteiger charge is 2.35. The molecule has 0 heterocycles. The molecule has 6 heteroatoms. The lowest BCUT2D eigenvalue weighted by Crippen LogP contribution is -2.36. The molecular formula is C23H26N2O4. The first-order valence-corrected chi connectivity index (χ1v) is 9.95. The molecule has 0 radical (unpaired) electrons. The lowest BCUT2D eigenvalue weighted by molar-refractivity contribution is -0.147. The van der Waals surface area contributed by atoms with Gasteiger partial charge in [0.2, 0.25) is 5.91 Å². The van der Waals surface area contributed by atoms with E-state index in [0.29, 0.717) is 24.1 Å². The first-order valence-electron chi connectivity index (χ1n) is 9.95. The number of benzene rings is 2. The van der Waals surface area contributed by atoms with E-state index < -0.39 is 17.8 Å². The quantitative estimate of drug-likeness (QED) is 0.690. The van der Waals surface area contributed by atoms with E-state index in [-0.39, 0.29) is 17.9 Å². The van der Waals surface area contributed by atoms with Gasteiger partial charge in [0, 0.05) is 11.3 Å². The zero-order valence-electron chi connectivity index (χ0n) is 16.4. The number of anilines is 1. The minimum absolute atomic E-state index is 0.123. The summed E-state index contributed by atoms with van der Waals surface area (Å²) in [6.07, 6.45) is 2.82. The van der Waals surface area contributed by atoms with Crippen molar-refractivity contribution in [3.05, 3.63) is 65.7 Å². The van der Waals surface area contributed by atoms with Gasteiger partial charge in [-0.05, 0) is 49.6 Å². The van der Waals surface area contributed by atoms with Crippen LogP contribution < -0.4 is 10.6 Å². The first kappa shape index (κ1) is 20.6. The maximum absolute atomic E-state index is 12.5. The van der Waals surface area contributed by atoms with Crippen molar-refractivity contribution >= 4 is 23.5 Å². The zero-order chi connectivity index (χ0) is 20.8. The number of rotatable bonds is 6. The van der Waals surface area contributed by atoms with Gasteiger partial charge in [0.25, 0.3) is 5.91 Å². The number of carboxylic acids is 1. The molecule has 1 aliphatic carbocycles. The van der Waals surface area contributed by atoms with Gasteiger partial charge >= 0.3 is 5.97 Å². The Morgan fingerprint density at radius 2 is 1.55 bits per heavy atom. The van der Waals surface area contributed by atoms with Crippen LogP contribution in [-0.4, -0.2) is 22.9 Å². The molecule has 3 N–H and O–H groups in total. The second-order valence-electron chi connectivity index (χ2n) is 7.51. The minimum atomic E-state index is -0.913. The molecule has 2 aromatic carbocycles. The van der Waals surface area contributed by atoms with E-state index in [1.807, 2.05) is 37.3 Å². The number of hydrogen-bond donors (Lipinski definition) is 3. The minimum Gasteiger partial charge on any atom is -0.481 e. The van der Waals surface area contributed by atoms with Crippen molar-refractivity contribution in [2.45, 2.75) is 38.6 Å². The maximum Gasteiger partial charge on any atom is 0.307 e. The number of amides is 2. The van der Waals surface area contributed by atoms with Crippen LogP contribution in [0.1, 0.15) is 54.6 Å². The molecular weight excluding hydrogens is 368 g/mol. The van der Waals surface area contributed by atoms with Gasteiger partial charge in [-0.2, -0.15) is 0 Å². The van der Waals surface area contributed by atoms with Crippen LogP contribution in [0.3, 0.4) is 0 Å². The summed E-state index contributed by atoms with van der Waals surface area (Å²) in [5, 5.41) is 15.1. The van der Waals surface area contributed by atoms with Gasteiger partial charge in [-0.3, -0.25) is 14.4 Å². The molecule has 152 valence electrons. The molecule has 1 saturated carbocycles. The Morgan fingerprint density at radius 1 is 0.931 bits per heavy atom. The summed E-state index contributed by atoms with van der Waals surface area (Å²) < 4.78 is 0. The van der Waals surface area contributed by atoms with Gasteiger partial charge < -0.3 is 15.7 Å². The molecule has 2 amide bonds. The molecule has 3 atom stereocenters. The molecule has 0 aliphatic heterocycles.